The summed E-state index contributed by atoms with van der Waals surface area (Å²) in [5.74, 6) is -0.362. The summed E-state index contributed by atoms with van der Waals surface area (Å²) in [4.78, 5) is 16.2. The van der Waals surface area contributed by atoms with Crippen LogP contribution in [0.5, 0.6) is 0 Å². The van der Waals surface area contributed by atoms with Crippen LogP contribution in [0.4, 0.5) is 5.13 Å². The van der Waals surface area contributed by atoms with Gasteiger partial charge in [-0.05, 0) is 26.0 Å². The van der Waals surface area contributed by atoms with E-state index in [2.05, 4.69) is 9.71 Å². The van der Waals surface area contributed by atoms with Crippen LogP contribution in [0, 0.1) is 6.92 Å². The number of nitrogens with zero attached hydrogens (tertiary/aromatic N) is 1. The summed E-state index contributed by atoms with van der Waals surface area (Å²) in [5.41, 5.74) is 0.977. The molecule has 0 atom stereocenters. The van der Waals surface area contributed by atoms with E-state index in [0.717, 1.165) is 16.9 Å². The zero-order chi connectivity index (χ0) is 16.2. The van der Waals surface area contributed by atoms with Gasteiger partial charge in [0.25, 0.3) is 10.0 Å². The average molecular weight is 377 g/mol. The molecule has 1 N–H and O–H groups in total. The van der Waals surface area contributed by atoms with Gasteiger partial charge in [-0.15, -0.1) is 23.7 Å². The second-order valence-corrected chi connectivity index (χ2v) is 7.33. The number of rotatable bonds is 6. The summed E-state index contributed by atoms with van der Waals surface area (Å²) >= 11 is 1.11. The van der Waals surface area contributed by atoms with Crippen molar-refractivity contribution < 1.29 is 17.9 Å². The second kappa shape index (κ2) is 8.28. The number of benzene rings is 1. The van der Waals surface area contributed by atoms with E-state index in [1.165, 1.54) is 18.3 Å². The number of carbonyl (C=O) groups excluding carboxylic acids is 1. The van der Waals surface area contributed by atoms with Crippen LogP contribution in [0.1, 0.15) is 17.4 Å². The highest BCUT2D eigenvalue weighted by Gasteiger charge is 2.16. The molecule has 0 aliphatic carbocycles. The zero-order valence-electron chi connectivity index (χ0n) is 12.6. The molecule has 0 saturated heterocycles. The quantitative estimate of drug-likeness (QED) is 0.783. The lowest BCUT2D eigenvalue weighted by atomic mass is 10.2. The normalized spacial score (nSPS) is 10.7. The fourth-order valence-corrected chi connectivity index (χ4v) is 3.72. The molecule has 2 rings (SSSR count). The van der Waals surface area contributed by atoms with Crippen LogP contribution in [-0.4, -0.2) is 26.0 Å². The number of hydrogen-bond donors (Lipinski definition) is 1. The fraction of sp³-hybridized carbons (Fsp3) is 0.286. The van der Waals surface area contributed by atoms with Gasteiger partial charge in [0.05, 0.1) is 17.9 Å². The molecule has 1 aromatic heterocycles. The van der Waals surface area contributed by atoms with Gasteiger partial charge in [0.2, 0.25) is 0 Å². The first kappa shape index (κ1) is 19.4. The maximum atomic E-state index is 12.2. The highest BCUT2D eigenvalue weighted by molar-refractivity contribution is 7.93. The monoisotopic (exact) mass is 376 g/mol. The van der Waals surface area contributed by atoms with E-state index in [0.29, 0.717) is 11.5 Å². The minimum Gasteiger partial charge on any atom is -0.466 e. The van der Waals surface area contributed by atoms with Crippen molar-refractivity contribution in [2.24, 2.45) is 0 Å². The van der Waals surface area contributed by atoms with E-state index in [1.54, 1.807) is 19.1 Å². The molecule has 1 aromatic carbocycles. The van der Waals surface area contributed by atoms with E-state index < -0.39 is 10.0 Å². The summed E-state index contributed by atoms with van der Waals surface area (Å²) in [5, 5.41) is 0.222. The maximum absolute atomic E-state index is 12.2. The Kier molecular flexibility index (Phi) is 6.99. The lowest BCUT2D eigenvalue weighted by molar-refractivity contribution is -0.142. The molecule has 23 heavy (non-hydrogen) atoms. The Bertz CT molecular complexity index is 757. The number of thiazole rings is 1. The van der Waals surface area contributed by atoms with E-state index in [1.807, 2.05) is 6.92 Å². The Labute approximate surface area is 145 Å². The van der Waals surface area contributed by atoms with Crippen molar-refractivity contribution in [3.63, 3.8) is 0 Å². The minimum atomic E-state index is -3.67. The lowest BCUT2D eigenvalue weighted by Gasteiger charge is -2.05. The molecule has 0 aliphatic rings. The average Bonchev–Trinajstić information content (AvgIpc) is 2.85. The van der Waals surface area contributed by atoms with Crippen LogP contribution in [0.3, 0.4) is 0 Å². The summed E-state index contributed by atoms with van der Waals surface area (Å²) in [6, 6.07) is 6.51. The highest BCUT2D eigenvalue weighted by Crippen LogP contribution is 2.22. The van der Waals surface area contributed by atoms with Crippen molar-refractivity contribution in [2.45, 2.75) is 25.2 Å². The Hall–Kier alpha value is -1.64. The maximum Gasteiger partial charge on any atom is 0.311 e. The molecule has 0 bridgehead atoms. The third-order valence-electron chi connectivity index (χ3n) is 2.73. The van der Waals surface area contributed by atoms with Crippen molar-refractivity contribution in [1.29, 1.82) is 0 Å². The number of nitrogens with one attached hydrogen (secondary N) is 1. The summed E-state index contributed by atoms with van der Waals surface area (Å²) in [6.45, 7) is 3.92. The minimum absolute atomic E-state index is 0. The zero-order valence-corrected chi connectivity index (χ0v) is 15.1. The molecule has 0 spiro atoms. The smallest absolute Gasteiger partial charge is 0.311 e. The molecule has 2 aromatic rings. The number of sulfonamides is 1. The van der Waals surface area contributed by atoms with E-state index >= 15 is 0 Å². The van der Waals surface area contributed by atoms with Gasteiger partial charge in [-0.3, -0.25) is 9.52 Å². The summed E-state index contributed by atoms with van der Waals surface area (Å²) in [6.07, 6.45) is 1.55. The van der Waals surface area contributed by atoms with Crippen LogP contribution < -0.4 is 4.72 Å². The van der Waals surface area contributed by atoms with Crippen molar-refractivity contribution in [3.05, 3.63) is 40.9 Å². The van der Waals surface area contributed by atoms with Gasteiger partial charge in [0.1, 0.15) is 0 Å². The first-order valence-electron chi connectivity index (χ1n) is 6.60. The number of anilines is 1. The predicted molar refractivity (Wildman–Crippen MR) is 91.7 cm³/mol. The summed E-state index contributed by atoms with van der Waals surface area (Å²) < 4.78 is 31.7. The predicted octanol–water partition coefficient (Wildman–Crippen LogP) is 2.78. The van der Waals surface area contributed by atoms with Gasteiger partial charge >= 0.3 is 5.97 Å². The van der Waals surface area contributed by atoms with E-state index in [-0.39, 0.29) is 34.8 Å². The third kappa shape index (κ3) is 5.49. The SMILES string of the molecule is CCOC(=O)Cc1cnc(NS(=O)(=O)c2ccc(C)cc2)s1.Cl. The number of hydrogen-bond acceptors (Lipinski definition) is 6. The van der Waals surface area contributed by atoms with Crippen LogP contribution in [0.15, 0.2) is 35.4 Å². The molecular weight excluding hydrogens is 360 g/mol. The van der Waals surface area contributed by atoms with Crippen molar-refractivity contribution in [2.75, 3.05) is 11.3 Å². The first-order chi connectivity index (χ1) is 10.4. The molecule has 9 heteroatoms. The van der Waals surface area contributed by atoms with Crippen LogP contribution in [0.2, 0.25) is 0 Å². The largest absolute Gasteiger partial charge is 0.466 e. The number of carbonyl (C=O) groups is 1. The highest BCUT2D eigenvalue weighted by atomic mass is 35.5. The first-order valence-corrected chi connectivity index (χ1v) is 8.90. The topological polar surface area (TPSA) is 85.4 Å². The molecule has 0 radical (unpaired) electrons. The van der Waals surface area contributed by atoms with E-state index in [9.17, 15) is 13.2 Å². The summed E-state index contributed by atoms with van der Waals surface area (Å²) in [7, 11) is -3.67. The molecule has 0 fully saturated rings. The molecule has 0 saturated carbocycles. The fourth-order valence-electron chi connectivity index (χ4n) is 1.68. The molecule has 1 heterocycles. The second-order valence-electron chi connectivity index (χ2n) is 4.53. The standard InChI is InChI=1S/C14H16N2O4S2.ClH/c1-3-20-13(17)8-11-9-15-14(21-11)16-22(18,19)12-6-4-10(2)5-7-12;/h4-7,9H,3,8H2,1-2H3,(H,15,16);1H. The van der Waals surface area contributed by atoms with Crippen LogP contribution in [-0.2, 0) is 26.0 Å². The van der Waals surface area contributed by atoms with Crippen molar-refractivity contribution in [1.82, 2.24) is 4.98 Å². The molecule has 0 unspecified atom stereocenters. The molecule has 6 nitrogen and oxygen atoms in total. The third-order valence-corrected chi connectivity index (χ3v) is 5.13. The number of aryl methyl sites for hydroxylation is 1. The Morgan fingerprint density at radius 3 is 2.57 bits per heavy atom. The van der Waals surface area contributed by atoms with Gasteiger partial charge in [0.15, 0.2) is 5.13 Å². The lowest BCUT2D eigenvalue weighted by Crippen LogP contribution is -2.12. The van der Waals surface area contributed by atoms with Crippen LogP contribution in [0.25, 0.3) is 0 Å². The van der Waals surface area contributed by atoms with Crippen molar-refractivity contribution >= 4 is 44.9 Å². The Balaban J connectivity index is 0.00000264. The molecule has 0 amide bonds. The number of esters is 1. The molecule has 0 aliphatic heterocycles. The van der Waals surface area contributed by atoms with Gasteiger partial charge in [-0.2, -0.15) is 0 Å². The van der Waals surface area contributed by atoms with Gasteiger partial charge in [-0.25, -0.2) is 13.4 Å². The van der Waals surface area contributed by atoms with E-state index in [4.69, 9.17) is 4.74 Å². The van der Waals surface area contributed by atoms with Gasteiger partial charge < -0.3 is 4.74 Å². The van der Waals surface area contributed by atoms with Crippen LogP contribution >= 0.6 is 23.7 Å². The van der Waals surface area contributed by atoms with Gasteiger partial charge in [0, 0.05) is 11.1 Å². The number of ether oxygens (including phenoxy) is 1. The molecular formula is C14H17ClN2O4S2. The Morgan fingerprint density at radius 2 is 1.96 bits per heavy atom. The number of aromatic nitrogens is 1. The number of halogens is 1. The van der Waals surface area contributed by atoms with Gasteiger partial charge in [-0.1, -0.05) is 17.7 Å². The molecule has 126 valence electrons. The Morgan fingerprint density at radius 1 is 1.30 bits per heavy atom. The van der Waals surface area contributed by atoms with Crippen molar-refractivity contribution in [3.8, 4) is 0 Å².